The van der Waals surface area contributed by atoms with Gasteiger partial charge in [0.25, 0.3) is 0 Å². The van der Waals surface area contributed by atoms with Crippen molar-refractivity contribution in [2.75, 3.05) is 0 Å². The summed E-state index contributed by atoms with van der Waals surface area (Å²) in [4.78, 5) is 9.67. The van der Waals surface area contributed by atoms with E-state index >= 15 is 0 Å². The van der Waals surface area contributed by atoms with Crippen molar-refractivity contribution in [2.24, 2.45) is 5.73 Å². The van der Waals surface area contributed by atoms with E-state index < -0.39 is 22.4 Å². The lowest BCUT2D eigenvalue weighted by atomic mass is 10.1. The van der Waals surface area contributed by atoms with Crippen LogP contribution < -0.4 is 5.73 Å². The largest absolute Gasteiger partial charge is 0.502 e. The molecule has 0 radical (unpaired) electrons. The average molecular weight is 193 g/mol. The number of nitro benzene ring substituents is 1. The van der Waals surface area contributed by atoms with Crippen LogP contribution in [0.4, 0.5) is 5.69 Å². The third-order valence-corrected chi connectivity index (χ3v) is 1.69. The summed E-state index contributed by atoms with van der Waals surface area (Å²) in [6.07, 6.45) is 0. The molecule has 0 aliphatic carbocycles. The summed E-state index contributed by atoms with van der Waals surface area (Å²) in [7, 11) is 0. The molecule has 0 bridgehead atoms. The van der Waals surface area contributed by atoms with Crippen LogP contribution in [-0.4, -0.2) is 10.0 Å². The van der Waals surface area contributed by atoms with Crippen molar-refractivity contribution in [3.63, 3.8) is 0 Å². The Hall–Kier alpha value is -2.13. The molecule has 0 saturated carbocycles. The van der Waals surface area contributed by atoms with Crippen LogP contribution in [0.3, 0.4) is 0 Å². The Balaban J connectivity index is 3.21. The molecule has 0 spiro atoms. The average Bonchev–Trinajstić information content (AvgIpc) is 2.17. The molecule has 72 valence electrons. The molecule has 0 saturated heterocycles. The van der Waals surface area contributed by atoms with Crippen LogP contribution in [0.15, 0.2) is 18.2 Å². The van der Waals surface area contributed by atoms with E-state index in [0.717, 1.165) is 12.1 Å². The fourth-order valence-corrected chi connectivity index (χ4v) is 0.955. The van der Waals surface area contributed by atoms with E-state index in [1.807, 2.05) is 0 Å². The Bertz CT molecular complexity index is 411. The number of nitrogens with two attached hydrogens (primary N) is 1. The molecular weight excluding hydrogens is 186 g/mol. The van der Waals surface area contributed by atoms with Gasteiger partial charge in [-0.05, 0) is 11.6 Å². The number of nitrogens with zero attached hydrogens (tertiary/aromatic N) is 2. The van der Waals surface area contributed by atoms with Crippen LogP contribution >= 0.6 is 0 Å². The summed E-state index contributed by atoms with van der Waals surface area (Å²) in [6.45, 7) is 0. The van der Waals surface area contributed by atoms with Crippen molar-refractivity contribution in [1.29, 1.82) is 5.26 Å². The molecule has 1 aromatic carbocycles. The minimum Gasteiger partial charge on any atom is -0.502 e. The van der Waals surface area contributed by atoms with Crippen LogP contribution in [0.2, 0.25) is 0 Å². The lowest BCUT2D eigenvalue weighted by molar-refractivity contribution is -0.385. The van der Waals surface area contributed by atoms with Gasteiger partial charge in [-0.2, -0.15) is 5.26 Å². The third-order valence-electron chi connectivity index (χ3n) is 1.69. The van der Waals surface area contributed by atoms with Crippen molar-refractivity contribution in [2.45, 2.75) is 6.04 Å². The topological polar surface area (TPSA) is 113 Å². The molecule has 0 aromatic heterocycles. The first-order chi connectivity index (χ1) is 6.56. The fourth-order valence-electron chi connectivity index (χ4n) is 0.955. The van der Waals surface area contributed by atoms with E-state index in [9.17, 15) is 10.1 Å². The minimum atomic E-state index is -0.922. The molecular formula is C8H7N3O3. The lowest BCUT2D eigenvalue weighted by Crippen LogP contribution is -2.07. The zero-order chi connectivity index (χ0) is 10.7. The molecule has 1 rings (SSSR count). The summed E-state index contributed by atoms with van der Waals surface area (Å²) in [5.74, 6) is -0.441. The first-order valence-electron chi connectivity index (χ1n) is 3.68. The summed E-state index contributed by atoms with van der Waals surface area (Å²) < 4.78 is 0. The summed E-state index contributed by atoms with van der Waals surface area (Å²) in [5.41, 5.74) is 5.20. The van der Waals surface area contributed by atoms with Crippen LogP contribution in [0.5, 0.6) is 5.75 Å². The number of nitro groups is 1. The Kier molecular flexibility index (Phi) is 2.65. The highest BCUT2D eigenvalue weighted by atomic mass is 16.6. The Morgan fingerprint density at radius 1 is 1.64 bits per heavy atom. The second kappa shape index (κ2) is 3.72. The molecule has 1 aromatic rings. The first-order valence-corrected chi connectivity index (χ1v) is 3.68. The first kappa shape index (κ1) is 9.95. The van der Waals surface area contributed by atoms with Crippen LogP contribution in [0.25, 0.3) is 0 Å². The molecule has 0 fully saturated rings. The number of hydrogen-bond acceptors (Lipinski definition) is 5. The number of phenols is 1. The SMILES string of the molecule is N#C[C@@H](N)c1ccc(O)c([N+](=O)[O-])c1. The van der Waals surface area contributed by atoms with Gasteiger partial charge >= 0.3 is 5.69 Å². The van der Waals surface area contributed by atoms with Crippen LogP contribution in [0, 0.1) is 21.4 Å². The molecule has 0 amide bonds. The molecule has 0 heterocycles. The number of hydrogen-bond donors (Lipinski definition) is 2. The Morgan fingerprint density at radius 2 is 2.29 bits per heavy atom. The van der Waals surface area contributed by atoms with Gasteiger partial charge in [-0.3, -0.25) is 10.1 Å². The van der Waals surface area contributed by atoms with E-state index in [1.165, 1.54) is 6.07 Å². The molecule has 6 heteroatoms. The van der Waals surface area contributed by atoms with Crippen molar-refractivity contribution in [3.05, 3.63) is 33.9 Å². The molecule has 0 aliphatic rings. The quantitative estimate of drug-likeness (QED) is 0.533. The number of aromatic hydroxyl groups is 1. The monoisotopic (exact) mass is 193 g/mol. The summed E-state index contributed by atoms with van der Waals surface area (Å²) in [6, 6.07) is 4.42. The second-order valence-electron chi connectivity index (χ2n) is 2.61. The van der Waals surface area contributed by atoms with E-state index in [1.54, 1.807) is 6.07 Å². The third kappa shape index (κ3) is 1.78. The highest BCUT2D eigenvalue weighted by molar-refractivity contribution is 5.48. The van der Waals surface area contributed by atoms with Crippen LogP contribution in [-0.2, 0) is 0 Å². The second-order valence-corrected chi connectivity index (χ2v) is 2.61. The number of nitriles is 1. The zero-order valence-corrected chi connectivity index (χ0v) is 7.04. The smallest absolute Gasteiger partial charge is 0.311 e. The predicted molar refractivity (Wildman–Crippen MR) is 47.3 cm³/mol. The highest BCUT2D eigenvalue weighted by Crippen LogP contribution is 2.27. The zero-order valence-electron chi connectivity index (χ0n) is 7.04. The van der Waals surface area contributed by atoms with Gasteiger partial charge in [-0.15, -0.1) is 0 Å². The maximum absolute atomic E-state index is 10.4. The maximum Gasteiger partial charge on any atom is 0.311 e. The number of benzene rings is 1. The van der Waals surface area contributed by atoms with E-state index in [4.69, 9.17) is 16.1 Å². The summed E-state index contributed by atoms with van der Waals surface area (Å²) >= 11 is 0. The summed E-state index contributed by atoms with van der Waals surface area (Å²) in [5, 5.41) is 28.0. The van der Waals surface area contributed by atoms with E-state index in [0.29, 0.717) is 5.56 Å². The van der Waals surface area contributed by atoms with Crippen LogP contribution in [0.1, 0.15) is 11.6 Å². The highest BCUT2D eigenvalue weighted by Gasteiger charge is 2.15. The van der Waals surface area contributed by atoms with Gasteiger partial charge in [0, 0.05) is 6.07 Å². The standard InChI is InChI=1S/C8H7N3O3/c9-4-6(10)5-1-2-8(12)7(3-5)11(13)14/h1-3,6,12H,10H2/t6-/m1/s1. The Labute approximate surface area is 79.3 Å². The van der Waals surface area contributed by atoms with Gasteiger partial charge in [0.15, 0.2) is 5.75 Å². The van der Waals surface area contributed by atoms with E-state index in [2.05, 4.69) is 0 Å². The van der Waals surface area contributed by atoms with Gasteiger partial charge in [-0.25, -0.2) is 0 Å². The molecule has 0 aliphatic heterocycles. The normalized spacial score (nSPS) is 11.7. The predicted octanol–water partition coefficient (Wildman–Crippen LogP) is 0.824. The van der Waals surface area contributed by atoms with E-state index in [-0.39, 0.29) is 0 Å². The van der Waals surface area contributed by atoms with Gasteiger partial charge < -0.3 is 10.8 Å². The van der Waals surface area contributed by atoms with Crippen molar-refractivity contribution >= 4 is 5.69 Å². The van der Waals surface area contributed by atoms with Crippen molar-refractivity contribution in [3.8, 4) is 11.8 Å². The lowest BCUT2D eigenvalue weighted by Gasteiger charge is -2.02. The fraction of sp³-hybridized carbons (Fsp3) is 0.125. The number of phenolic OH excluding ortho intramolecular Hbond substituents is 1. The van der Waals surface area contributed by atoms with Crippen molar-refractivity contribution < 1.29 is 10.0 Å². The van der Waals surface area contributed by atoms with Gasteiger partial charge in [-0.1, -0.05) is 6.07 Å². The van der Waals surface area contributed by atoms with Gasteiger partial charge in [0.05, 0.1) is 11.0 Å². The number of rotatable bonds is 2. The molecule has 14 heavy (non-hydrogen) atoms. The van der Waals surface area contributed by atoms with Crippen molar-refractivity contribution in [1.82, 2.24) is 0 Å². The molecule has 3 N–H and O–H groups in total. The molecule has 6 nitrogen and oxygen atoms in total. The van der Waals surface area contributed by atoms with Gasteiger partial charge in [0.1, 0.15) is 6.04 Å². The van der Waals surface area contributed by atoms with Gasteiger partial charge in [0.2, 0.25) is 0 Å². The minimum absolute atomic E-state index is 0.303. The molecule has 1 atom stereocenters. The maximum atomic E-state index is 10.4. The molecule has 0 unspecified atom stereocenters. The Morgan fingerprint density at radius 3 is 2.79 bits per heavy atom.